The SMILES string of the molecule is COc1ccc(CCN2CCN(CCCc3ccccc3)CC2)c(F)c1OC.Cl.Cl. The van der Waals surface area contributed by atoms with Crippen LogP contribution in [0.2, 0.25) is 0 Å². The van der Waals surface area contributed by atoms with E-state index in [1.165, 1.54) is 26.2 Å². The molecule has 1 heterocycles. The first-order valence-electron chi connectivity index (χ1n) is 10.1. The summed E-state index contributed by atoms with van der Waals surface area (Å²) < 4.78 is 24.9. The van der Waals surface area contributed by atoms with Crippen LogP contribution in [-0.4, -0.2) is 63.3 Å². The van der Waals surface area contributed by atoms with Gasteiger partial charge in [0, 0.05) is 32.7 Å². The molecular weight excluding hydrogens is 426 g/mol. The van der Waals surface area contributed by atoms with Gasteiger partial charge >= 0.3 is 0 Å². The number of nitrogens with zero attached hydrogens (tertiary/aromatic N) is 2. The van der Waals surface area contributed by atoms with Crippen LogP contribution in [-0.2, 0) is 12.8 Å². The van der Waals surface area contributed by atoms with E-state index >= 15 is 0 Å². The molecule has 0 saturated carbocycles. The second-order valence-electron chi connectivity index (χ2n) is 7.30. The Labute approximate surface area is 192 Å². The first-order chi connectivity index (χ1) is 13.7. The minimum atomic E-state index is -0.304. The van der Waals surface area contributed by atoms with Gasteiger partial charge in [-0.05, 0) is 43.0 Å². The van der Waals surface area contributed by atoms with Crippen molar-refractivity contribution in [3.63, 3.8) is 0 Å². The third-order valence-corrected chi connectivity index (χ3v) is 5.51. The van der Waals surface area contributed by atoms with Gasteiger partial charge < -0.3 is 19.3 Å². The molecular formula is C23H33Cl2FN2O2. The van der Waals surface area contributed by atoms with Gasteiger partial charge in [-0.3, -0.25) is 0 Å². The number of rotatable bonds is 9. The van der Waals surface area contributed by atoms with E-state index in [2.05, 4.69) is 40.1 Å². The second-order valence-corrected chi connectivity index (χ2v) is 7.30. The third-order valence-electron chi connectivity index (χ3n) is 5.51. The van der Waals surface area contributed by atoms with E-state index in [0.29, 0.717) is 17.7 Å². The van der Waals surface area contributed by atoms with Crippen molar-refractivity contribution in [2.75, 3.05) is 53.5 Å². The van der Waals surface area contributed by atoms with Crippen molar-refractivity contribution in [2.45, 2.75) is 19.3 Å². The molecule has 2 aromatic rings. The molecule has 0 amide bonds. The maximum atomic E-state index is 14.6. The Hall–Kier alpha value is -1.53. The van der Waals surface area contributed by atoms with Crippen LogP contribution in [0.5, 0.6) is 11.5 Å². The molecule has 0 unspecified atom stereocenters. The molecule has 0 N–H and O–H groups in total. The van der Waals surface area contributed by atoms with Gasteiger partial charge in [0.15, 0.2) is 17.3 Å². The molecule has 2 aromatic carbocycles. The Morgan fingerprint density at radius 2 is 1.43 bits per heavy atom. The maximum Gasteiger partial charge on any atom is 0.197 e. The molecule has 0 aromatic heterocycles. The van der Waals surface area contributed by atoms with E-state index in [4.69, 9.17) is 9.47 Å². The monoisotopic (exact) mass is 458 g/mol. The highest BCUT2D eigenvalue weighted by molar-refractivity contribution is 5.85. The molecule has 168 valence electrons. The van der Waals surface area contributed by atoms with E-state index in [9.17, 15) is 4.39 Å². The lowest BCUT2D eigenvalue weighted by atomic mass is 10.1. The standard InChI is InChI=1S/C23H31FN2O2.2ClH/c1-27-21-11-10-20(22(24)23(21)28-2)12-14-26-17-15-25(16-18-26)13-6-9-19-7-4-3-5-8-19;;/h3-5,7-8,10-11H,6,9,12-18H2,1-2H3;2*1H. The number of hydrogen-bond donors (Lipinski definition) is 0. The average molecular weight is 459 g/mol. The highest BCUT2D eigenvalue weighted by Gasteiger charge is 2.19. The zero-order valence-corrected chi connectivity index (χ0v) is 19.4. The number of halogens is 3. The number of aryl methyl sites for hydroxylation is 1. The van der Waals surface area contributed by atoms with Crippen LogP contribution < -0.4 is 9.47 Å². The molecule has 0 atom stereocenters. The molecule has 7 heteroatoms. The number of hydrogen-bond acceptors (Lipinski definition) is 4. The molecule has 1 saturated heterocycles. The van der Waals surface area contributed by atoms with Gasteiger partial charge in [0.05, 0.1) is 14.2 Å². The van der Waals surface area contributed by atoms with E-state index in [0.717, 1.165) is 45.7 Å². The summed E-state index contributed by atoms with van der Waals surface area (Å²) in [4.78, 5) is 4.96. The molecule has 30 heavy (non-hydrogen) atoms. The summed E-state index contributed by atoms with van der Waals surface area (Å²) in [6.07, 6.45) is 3.01. The molecule has 1 fully saturated rings. The van der Waals surface area contributed by atoms with E-state index < -0.39 is 0 Å². The van der Waals surface area contributed by atoms with Gasteiger partial charge in [-0.1, -0.05) is 36.4 Å². The molecule has 3 rings (SSSR count). The predicted octanol–water partition coefficient (Wildman–Crippen LogP) is 4.48. The smallest absolute Gasteiger partial charge is 0.197 e. The van der Waals surface area contributed by atoms with Crippen molar-refractivity contribution in [1.29, 1.82) is 0 Å². The molecule has 4 nitrogen and oxygen atoms in total. The van der Waals surface area contributed by atoms with Crippen molar-refractivity contribution in [3.8, 4) is 11.5 Å². The fraction of sp³-hybridized carbons (Fsp3) is 0.478. The summed E-state index contributed by atoms with van der Waals surface area (Å²) in [7, 11) is 3.00. The highest BCUT2D eigenvalue weighted by Crippen LogP contribution is 2.32. The number of ether oxygens (including phenoxy) is 2. The van der Waals surface area contributed by atoms with Crippen molar-refractivity contribution >= 4 is 24.8 Å². The van der Waals surface area contributed by atoms with Gasteiger partial charge in [-0.2, -0.15) is 0 Å². The van der Waals surface area contributed by atoms with Crippen molar-refractivity contribution in [3.05, 3.63) is 59.4 Å². The van der Waals surface area contributed by atoms with E-state index in [-0.39, 0.29) is 36.4 Å². The minimum absolute atomic E-state index is 0. The zero-order valence-electron chi connectivity index (χ0n) is 17.8. The first-order valence-corrected chi connectivity index (χ1v) is 10.1. The summed E-state index contributed by atoms with van der Waals surface area (Å²) in [5.74, 6) is 0.331. The predicted molar refractivity (Wildman–Crippen MR) is 125 cm³/mol. The fourth-order valence-electron chi connectivity index (χ4n) is 3.79. The summed E-state index contributed by atoms with van der Waals surface area (Å²) in [6, 6.07) is 14.3. The Kier molecular flexibility index (Phi) is 12.1. The van der Waals surface area contributed by atoms with Crippen LogP contribution in [0.4, 0.5) is 4.39 Å². The number of methoxy groups -OCH3 is 2. The Morgan fingerprint density at radius 1 is 0.800 bits per heavy atom. The first kappa shape index (κ1) is 26.5. The number of benzene rings is 2. The van der Waals surface area contributed by atoms with Gasteiger partial charge in [0.2, 0.25) is 0 Å². The summed E-state index contributed by atoms with van der Waals surface area (Å²) >= 11 is 0. The van der Waals surface area contributed by atoms with Gasteiger partial charge in [0.1, 0.15) is 0 Å². The quantitative estimate of drug-likeness (QED) is 0.552. The maximum absolute atomic E-state index is 14.6. The van der Waals surface area contributed by atoms with E-state index in [1.807, 2.05) is 0 Å². The lowest BCUT2D eigenvalue weighted by Gasteiger charge is -2.34. The van der Waals surface area contributed by atoms with Crippen LogP contribution in [0.1, 0.15) is 17.5 Å². The molecule has 0 spiro atoms. The normalized spacial score (nSPS) is 14.5. The molecule has 0 bridgehead atoms. The van der Waals surface area contributed by atoms with Crippen LogP contribution in [0.15, 0.2) is 42.5 Å². The summed E-state index contributed by atoms with van der Waals surface area (Å²) in [6.45, 7) is 6.27. The van der Waals surface area contributed by atoms with Crippen molar-refractivity contribution < 1.29 is 13.9 Å². The number of piperazine rings is 1. The Morgan fingerprint density at radius 3 is 2.03 bits per heavy atom. The van der Waals surface area contributed by atoms with Crippen molar-refractivity contribution in [1.82, 2.24) is 9.80 Å². The zero-order chi connectivity index (χ0) is 19.8. The van der Waals surface area contributed by atoms with E-state index in [1.54, 1.807) is 12.1 Å². The van der Waals surface area contributed by atoms with Crippen LogP contribution in [0.25, 0.3) is 0 Å². The molecule has 0 aliphatic carbocycles. The van der Waals surface area contributed by atoms with Crippen LogP contribution in [0, 0.1) is 5.82 Å². The van der Waals surface area contributed by atoms with Gasteiger partial charge in [-0.15, -0.1) is 24.8 Å². The largest absolute Gasteiger partial charge is 0.493 e. The topological polar surface area (TPSA) is 24.9 Å². The minimum Gasteiger partial charge on any atom is -0.493 e. The summed E-state index contributed by atoms with van der Waals surface area (Å²) in [5.41, 5.74) is 2.10. The van der Waals surface area contributed by atoms with Crippen LogP contribution >= 0.6 is 24.8 Å². The lowest BCUT2D eigenvalue weighted by molar-refractivity contribution is 0.132. The molecule has 1 aliphatic rings. The third kappa shape index (κ3) is 7.31. The Balaban J connectivity index is 0.00000225. The Bertz CT molecular complexity index is 741. The fourth-order valence-corrected chi connectivity index (χ4v) is 3.79. The lowest BCUT2D eigenvalue weighted by Crippen LogP contribution is -2.47. The molecule has 1 aliphatic heterocycles. The molecule has 0 radical (unpaired) electrons. The highest BCUT2D eigenvalue weighted by atomic mass is 35.5. The average Bonchev–Trinajstić information content (AvgIpc) is 2.74. The summed E-state index contributed by atoms with van der Waals surface area (Å²) in [5, 5.41) is 0. The van der Waals surface area contributed by atoms with Crippen LogP contribution in [0.3, 0.4) is 0 Å². The van der Waals surface area contributed by atoms with Crippen molar-refractivity contribution in [2.24, 2.45) is 0 Å². The van der Waals surface area contributed by atoms with Gasteiger partial charge in [-0.25, -0.2) is 4.39 Å². The van der Waals surface area contributed by atoms with Gasteiger partial charge in [0.25, 0.3) is 0 Å². The second kappa shape index (κ2) is 13.7.